The van der Waals surface area contributed by atoms with Crippen LogP contribution in [-0.4, -0.2) is 27.1 Å². The van der Waals surface area contributed by atoms with Gasteiger partial charge < -0.3 is 9.55 Å². The van der Waals surface area contributed by atoms with Crippen LogP contribution in [-0.2, 0) is 18.3 Å². The number of H-pyrrole nitrogens is 1. The molecule has 0 unspecified atom stereocenters. The van der Waals surface area contributed by atoms with Crippen LogP contribution in [0.2, 0.25) is 0 Å². The Labute approximate surface area is 134 Å². The molecule has 2 rings (SSSR count). The highest BCUT2D eigenvalue weighted by Crippen LogP contribution is 2.18. The molecule has 0 aliphatic rings. The summed E-state index contributed by atoms with van der Waals surface area (Å²) < 4.78 is 1.83. The summed E-state index contributed by atoms with van der Waals surface area (Å²) in [6, 6.07) is 3.68. The first-order chi connectivity index (χ1) is 10.8. The molecule has 0 spiro atoms. The van der Waals surface area contributed by atoms with Crippen molar-refractivity contribution >= 4 is 17.6 Å². The van der Waals surface area contributed by atoms with E-state index in [-0.39, 0.29) is 23.8 Å². The summed E-state index contributed by atoms with van der Waals surface area (Å²) in [4.78, 5) is 38.5. The van der Waals surface area contributed by atoms with E-state index in [0.717, 1.165) is 5.69 Å². The number of carbonyl (C=O) groups is 3. The summed E-state index contributed by atoms with van der Waals surface area (Å²) >= 11 is 0. The predicted octanol–water partition coefficient (Wildman–Crippen LogP) is 1.18. The molecule has 0 saturated heterocycles. The number of hydrogen-bond donors (Lipinski definition) is 3. The standard InChI is InChI=1S/C16H20N4O3/c1-9-14(11(3)21)10(2)17-15(9)16(23)19-18-13(22)8-12-6-5-7-20(12)4/h5-7,17H,8H2,1-4H3,(H,18,22)(H,19,23). The molecular formula is C16H20N4O3. The zero-order valence-corrected chi connectivity index (χ0v) is 13.6. The summed E-state index contributed by atoms with van der Waals surface area (Å²) in [5, 5.41) is 0. The van der Waals surface area contributed by atoms with Gasteiger partial charge in [0.15, 0.2) is 5.78 Å². The molecule has 7 nitrogen and oxygen atoms in total. The lowest BCUT2D eigenvalue weighted by Crippen LogP contribution is -2.42. The minimum absolute atomic E-state index is 0.108. The van der Waals surface area contributed by atoms with E-state index in [1.165, 1.54) is 6.92 Å². The SMILES string of the molecule is CC(=O)c1c(C)[nH]c(C(=O)NNC(=O)Cc2cccn2C)c1C. The van der Waals surface area contributed by atoms with Crippen molar-refractivity contribution < 1.29 is 14.4 Å². The Morgan fingerprint density at radius 2 is 1.91 bits per heavy atom. The van der Waals surface area contributed by atoms with E-state index in [4.69, 9.17) is 0 Å². The fraction of sp³-hybridized carbons (Fsp3) is 0.312. The second-order valence-corrected chi connectivity index (χ2v) is 5.47. The molecule has 0 atom stereocenters. The van der Waals surface area contributed by atoms with Gasteiger partial charge in [-0.1, -0.05) is 0 Å². The Morgan fingerprint density at radius 1 is 1.22 bits per heavy atom. The molecule has 0 fully saturated rings. The number of aromatic amines is 1. The lowest BCUT2D eigenvalue weighted by Gasteiger charge is -2.08. The normalized spacial score (nSPS) is 10.4. The summed E-state index contributed by atoms with van der Waals surface area (Å²) in [5.41, 5.74) is 7.55. The largest absolute Gasteiger partial charge is 0.354 e. The molecule has 0 aliphatic heterocycles. The predicted molar refractivity (Wildman–Crippen MR) is 85.0 cm³/mol. The van der Waals surface area contributed by atoms with Gasteiger partial charge in [-0.15, -0.1) is 0 Å². The third kappa shape index (κ3) is 3.50. The van der Waals surface area contributed by atoms with E-state index in [9.17, 15) is 14.4 Å². The second kappa shape index (κ2) is 6.51. The number of nitrogens with zero attached hydrogens (tertiary/aromatic N) is 1. The molecule has 0 radical (unpaired) electrons. The van der Waals surface area contributed by atoms with E-state index in [1.807, 2.05) is 29.9 Å². The molecule has 0 aromatic carbocycles. The van der Waals surface area contributed by atoms with Crippen LogP contribution in [0.25, 0.3) is 0 Å². The number of hydrazine groups is 1. The number of carbonyl (C=O) groups excluding carboxylic acids is 3. The molecule has 0 bridgehead atoms. The minimum Gasteiger partial charge on any atom is -0.354 e. The Balaban J connectivity index is 2.00. The quantitative estimate of drug-likeness (QED) is 0.584. The van der Waals surface area contributed by atoms with Gasteiger partial charge in [-0.05, 0) is 38.5 Å². The molecule has 0 saturated carbocycles. The molecule has 23 heavy (non-hydrogen) atoms. The van der Waals surface area contributed by atoms with Crippen molar-refractivity contribution in [3.63, 3.8) is 0 Å². The van der Waals surface area contributed by atoms with Crippen LogP contribution in [0.15, 0.2) is 18.3 Å². The molecule has 2 aromatic heterocycles. The molecule has 0 aliphatic carbocycles. The molecule has 7 heteroatoms. The van der Waals surface area contributed by atoms with Crippen molar-refractivity contribution in [3.05, 3.63) is 46.5 Å². The molecule has 3 N–H and O–H groups in total. The number of ketones is 1. The van der Waals surface area contributed by atoms with Gasteiger partial charge in [0.25, 0.3) is 5.91 Å². The molecule has 2 amide bonds. The third-order valence-electron chi connectivity index (χ3n) is 3.73. The average molecular weight is 316 g/mol. The van der Waals surface area contributed by atoms with Gasteiger partial charge in [0.2, 0.25) is 5.91 Å². The molecular weight excluding hydrogens is 296 g/mol. The fourth-order valence-corrected chi connectivity index (χ4v) is 2.58. The highest BCUT2D eigenvalue weighted by Gasteiger charge is 2.20. The highest BCUT2D eigenvalue weighted by molar-refractivity contribution is 6.02. The lowest BCUT2D eigenvalue weighted by atomic mass is 10.1. The van der Waals surface area contributed by atoms with Gasteiger partial charge in [-0.25, -0.2) is 0 Å². The first-order valence-corrected chi connectivity index (χ1v) is 7.20. The highest BCUT2D eigenvalue weighted by atomic mass is 16.2. The van der Waals surface area contributed by atoms with E-state index in [1.54, 1.807) is 13.8 Å². The monoisotopic (exact) mass is 316 g/mol. The van der Waals surface area contributed by atoms with Crippen LogP contribution in [0.4, 0.5) is 0 Å². The summed E-state index contributed by atoms with van der Waals surface area (Å²) in [6.45, 7) is 4.88. The Kier molecular flexibility index (Phi) is 4.68. The third-order valence-corrected chi connectivity index (χ3v) is 3.73. The van der Waals surface area contributed by atoms with Gasteiger partial charge >= 0.3 is 0 Å². The first kappa shape index (κ1) is 16.5. The maximum atomic E-state index is 12.2. The van der Waals surface area contributed by atoms with Gasteiger partial charge in [0.05, 0.1) is 6.42 Å². The fourth-order valence-electron chi connectivity index (χ4n) is 2.58. The van der Waals surface area contributed by atoms with Crippen molar-refractivity contribution in [2.24, 2.45) is 7.05 Å². The van der Waals surface area contributed by atoms with Crippen LogP contribution in [0.3, 0.4) is 0 Å². The Morgan fingerprint density at radius 3 is 2.43 bits per heavy atom. The van der Waals surface area contributed by atoms with E-state index >= 15 is 0 Å². The smallest absolute Gasteiger partial charge is 0.286 e. The van der Waals surface area contributed by atoms with Gasteiger partial charge in [0.1, 0.15) is 5.69 Å². The van der Waals surface area contributed by atoms with Gasteiger partial charge in [0, 0.05) is 30.2 Å². The van der Waals surface area contributed by atoms with Crippen LogP contribution in [0.1, 0.15) is 44.7 Å². The second-order valence-electron chi connectivity index (χ2n) is 5.47. The van der Waals surface area contributed by atoms with Crippen LogP contribution in [0, 0.1) is 13.8 Å². The average Bonchev–Trinajstić information content (AvgIpc) is 3.00. The van der Waals surface area contributed by atoms with Crippen molar-refractivity contribution in [2.75, 3.05) is 0 Å². The zero-order valence-electron chi connectivity index (χ0n) is 13.6. The number of amides is 2. The topological polar surface area (TPSA) is 96.0 Å². The number of aromatic nitrogens is 2. The van der Waals surface area contributed by atoms with Crippen LogP contribution < -0.4 is 10.9 Å². The number of rotatable bonds is 4. The van der Waals surface area contributed by atoms with E-state index in [0.29, 0.717) is 16.8 Å². The van der Waals surface area contributed by atoms with Crippen LogP contribution >= 0.6 is 0 Å². The lowest BCUT2D eigenvalue weighted by molar-refractivity contribution is -0.121. The molecule has 2 aromatic rings. The van der Waals surface area contributed by atoms with E-state index < -0.39 is 5.91 Å². The Bertz CT molecular complexity index is 770. The van der Waals surface area contributed by atoms with E-state index in [2.05, 4.69) is 15.8 Å². The summed E-state index contributed by atoms with van der Waals surface area (Å²) in [7, 11) is 1.84. The summed E-state index contributed by atoms with van der Waals surface area (Å²) in [6.07, 6.45) is 2.00. The summed E-state index contributed by atoms with van der Waals surface area (Å²) in [5.74, 6) is -0.922. The van der Waals surface area contributed by atoms with Crippen molar-refractivity contribution in [3.8, 4) is 0 Å². The first-order valence-electron chi connectivity index (χ1n) is 7.20. The number of aryl methyl sites for hydroxylation is 2. The minimum atomic E-state index is -0.488. The molecule has 122 valence electrons. The van der Waals surface area contributed by atoms with Crippen molar-refractivity contribution in [2.45, 2.75) is 27.2 Å². The maximum absolute atomic E-state index is 12.2. The number of hydrogen-bond acceptors (Lipinski definition) is 3. The Hall–Kier alpha value is -2.83. The van der Waals surface area contributed by atoms with Gasteiger partial charge in [-0.3, -0.25) is 25.2 Å². The number of nitrogens with one attached hydrogen (secondary N) is 3. The van der Waals surface area contributed by atoms with Crippen LogP contribution in [0.5, 0.6) is 0 Å². The zero-order chi connectivity index (χ0) is 17.1. The van der Waals surface area contributed by atoms with Crippen molar-refractivity contribution in [1.82, 2.24) is 20.4 Å². The maximum Gasteiger partial charge on any atom is 0.286 e. The molecule has 2 heterocycles. The van der Waals surface area contributed by atoms with Gasteiger partial charge in [-0.2, -0.15) is 0 Å². The number of Topliss-reactive ketones (excluding diaryl/α,β-unsaturated/α-hetero) is 1. The van der Waals surface area contributed by atoms with Crippen molar-refractivity contribution in [1.29, 1.82) is 0 Å².